The number of amides is 2. The highest BCUT2D eigenvalue weighted by Gasteiger charge is 2.54. The molecule has 198 valence electrons. The summed E-state index contributed by atoms with van der Waals surface area (Å²) in [7, 11) is 1.26. The number of thioether (sulfide) groups is 2. The molecule has 5 rings (SSSR count). The average Bonchev–Trinajstić information content (AvgIpc) is 3.49. The van der Waals surface area contributed by atoms with Gasteiger partial charge in [0.05, 0.1) is 11.0 Å². The summed E-state index contributed by atoms with van der Waals surface area (Å²) in [5.74, 6) is -2.62. The van der Waals surface area contributed by atoms with E-state index in [1.54, 1.807) is 0 Å². The molecule has 3 aromatic rings. The zero-order valence-electron chi connectivity index (χ0n) is 19.4. The molecule has 0 bridgehead atoms. The molecular formula is C21H19N7O7S3. The van der Waals surface area contributed by atoms with Crippen molar-refractivity contribution in [1.82, 2.24) is 25.2 Å². The molecule has 2 aromatic heterocycles. The molecule has 1 fully saturated rings. The highest BCUT2D eigenvalue weighted by molar-refractivity contribution is 8.01. The first kappa shape index (κ1) is 25.7. The molecule has 4 heterocycles. The number of nitrogens with two attached hydrogens (primary N) is 1. The molecule has 2 atom stereocenters. The van der Waals surface area contributed by atoms with Gasteiger partial charge in [0.2, 0.25) is 0 Å². The average molecular weight is 578 g/mol. The van der Waals surface area contributed by atoms with Crippen LogP contribution < -0.4 is 11.1 Å². The van der Waals surface area contributed by atoms with Crippen LogP contribution in [0.2, 0.25) is 0 Å². The zero-order valence-corrected chi connectivity index (χ0v) is 21.8. The number of carboxylic acid groups (broad SMARTS) is 1. The number of nitrogens with zero attached hydrogens (tertiary/aromatic N) is 4. The topological polar surface area (TPSA) is 216 Å². The van der Waals surface area contributed by atoms with Crippen molar-refractivity contribution >= 4 is 74.5 Å². The van der Waals surface area contributed by atoms with Gasteiger partial charge in [0.15, 0.2) is 27.5 Å². The second kappa shape index (κ2) is 10.1. The normalized spacial score (nSPS) is 19.3. The van der Waals surface area contributed by atoms with E-state index in [1.807, 2.05) is 0 Å². The molecule has 2 aliphatic heterocycles. The lowest BCUT2D eigenvalue weighted by Gasteiger charge is -2.49. The van der Waals surface area contributed by atoms with Crippen molar-refractivity contribution < 1.29 is 34.5 Å². The van der Waals surface area contributed by atoms with Crippen molar-refractivity contribution in [1.29, 1.82) is 0 Å². The number of carbonyl (C=O) groups is 3. The Morgan fingerprint density at radius 3 is 2.79 bits per heavy atom. The lowest BCUT2D eigenvalue weighted by molar-refractivity contribution is -0.150. The third-order valence-electron chi connectivity index (χ3n) is 5.64. The number of imidazole rings is 1. The van der Waals surface area contributed by atoms with E-state index in [0.717, 1.165) is 11.3 Å². The number of rotatable bonds is 8. The van der Waals surface area contributed by atoms with Crippen LogP contribution in [0.3, 0.4) is 0 Å². The fourth-order valence-electron chi connectivity index (χ4n) is 3.93. The maximum atomic E-state index is 13.0. The number of aliphatic carboxylic acids is 1. The van der Waals surface area contributed by atoms with Crippen LogP contribution in [-0.2, 0) is 19.2 Å². The summed E-state index contributed by atoms with van der Waals surface area (Å²) in [4.78, 5) is 55.3. The van der Waals surface area contributed by atoms with E-state index in [1.165, 1.54) is 53.0 Å². The molecule has 2 aliphatic rings. The molecule has 0 saturated carbocycles. The van der Waals surface area contributed by atoms with Gasteiger partial charge < -0.3 is 36.2 Å². The molecular weight excluding hydrogens is 558 g/mol. The summed E-state index contributed by atoms with van der Waals surface area (Å²) in [6.07, 6.45) is 0. The van der Waals surface area contributed by atoms with Crippen molar-refractivity contribution in [3.63, 3.8) is 0 Å². The van der Waals surface area contributed by atoms with Gasteiger partial charge in [-0.3, -0.25) is 14.5 Å². The molecule has 0 radical (unpaired) electrons. The zero-order chi connectivity index (χ0) is 27.1. The van der Waals surface area contributed by atoms with E-state index in [9.17, 15) is 29.7 Å². The van der Waals surface area contributed by atoms with E-state index in [0.29, 0.717) is 27.5 Å². The van der Waals surface area contributed by atoms with Crippen LogP contribution >= 0.6 is 34.9 Å². The molecule has 0 unspecified atom stereocenters. The number of carbonyl (C=O) groups excluding carboxylic acids is 2. The number of hydrogen-bond donors (Lipinski definition) is 6. The lowest BCUT2D eigenvalue weighted by atomic mass is 10.0. The molecule has 2 amide bonds. The summed E-state index contributed by atoms with van der Waals surface area (Å²) in [6, 6.07) is 1.68. The van der Waals surface area contributed by atoms with Crippen molar-refractivity contribution in [2.75, 3.05) is 24.3 Å². The van der Waals surface area contributed by atoms with Crippen molar-refractivity contribution in [3.05, 3.63) is 34.5 Å². The first-order valence-electron chi connectivity index (χ1n) is 10.8. The van der Waals surface area contributed by atoms with Gasteiger partial charge in [-0.25, -0.2) is 14.8 Å². The smallest absolute Gasteiger partial charge is 0.352 e. The van der Waals surface area contributed by atoms with E-state index in [2.05, 4.69) is 25.4 Å². The second-order valence-electron chi connectivity index (χ2n) is 8.00. The maximum absolute atomic E-state index is 13.0. The Kier molecular flexibility index (Phi) is 6.80. The Morgan fingerprint density at radius 1 is 1.34 bits per heavy atom. The number of phenols is 2. The van der Waals surface area contributed by atoms with Gasteiger partial charge in [-0.2, -0.15) is 0 Å². The van der Waals surface area contributed by atoms with Crippen molar-refractivity contribution in [2.45, 2.75) is 16.6 Å². The number of β-lactam (4-membered cyclic amide) rings is 1. The van der Waals surface area contributed by atoms with Gasteiger partial charge in [-0.1, -0.05) is 16.9 Å². The number of aromatic amines is 1. The van der Waals surface area contributed by atoms with E-state index in [-0.39, 0.29) is 39.5 Å². The summed E-state index contributed by atoms with van der Waals surface area (Å²) in [5, 5.41) is 37.1. The predicted molar refractivity (Wildman–Crippen MR) is 140 cm³/mol. The number of phenolic OH excluding ortho intramolecular Hbond substituents is 2. The Balaban J connectivity index is 1.31. The van der Waals surface area contributed by atoms with Gasteiger partial charge in [0.1, 0.15) is 29.9 Å². The van der Waals surface area contributed by atoms with Crippen LogP contribution in [0.1, 0.15) is 5.69 Å². The monoisotopic (exact) mass is 577 g/mol. The number of nitrogens with one attached hydrogen (secondary N) is 2. The van der Waals surface area contributed by atoms with E-state index >= 15 is 0 Å². The summed E-state index contributed by atoms with van der Waals surface area (Å²) in [6.45, 7) is 0. The Labute approximate surface area is 225 Å². The first-order valence-corrected chi connectivity index (χ1v) is 13.7. The van der Waals surface area contributed by atoms with Crippen LogP contribution in [-0.4, -0.2) is 88.7 Å². The fraction of sp³-hybridized carbons (Fsp3) is 0.238. The fourth-order valence-corrected chi connectivity index (χ4v) is 6.85. The molecule has 1 aromatic carbocycles. The number of fused-ring (bicyclic) bond motifs is 2. The number of anilines is 1. The van der Waals surface area contributed by atoms with Gasteiger partial charge >= 0.3 is 5.97 Å². The molecule has 7 N–H and O–H groups in total. The second-order valence-corrected chi connectivity index (χ2v) is 11.0. The van der Waals surface area contributed by atoms with Gasteiger partial charge in [0.25, 0.3) is 11.8 Å². The predicted octanol–water partition coefficient (Wildman–Crippen LogP) is 0.894. The number of benzene rings is 1. The van der Waals surface area contributed by atoms with Crippen molar-refractivity contribution in [3.8, 4) is 11.5 Å². The third-order valence-corrected chi connectivity index (χ3v) is 8.61. The number of oxime groups is 1. The highest BCUT2D eigenvalue weighted by atomic mass is 32.2. The van der Waals surface area contributed by atoms with Crippen LogP contribution in [0.15, 0.2) is 39.1 Å². The van der Waals surface area contributed by atoms with Gasteiger partial charge in [0, 0.05) is 29.0 Å². The van der Waals surface area contributed by atoms with Crippen LogP contribution in [0, 0.1) is 0 Å². The van der Waals surface area contributed by atoms with Gasteiger partial charge in [-0.05, 0) is 5.57 Å². The number of aromatic nitrogens is 3. The maximum Gasteiger partial charge on any atom is 0.352 e. The Bertz CT molecular complexity index is 1490. The van der Waals surface area contributed by atoms with Crippen LogP contribution in [0.25, 0.3) is 11.0 Å². The summed E-state index contributed by atoms with van der Waals surface area (Å²) < 4.78 is 0. The number of H-pyrrole nitrogens is 1. The lowest BCUT2D eigenvalue weighted by Crippen LogP contribution is -2.71. The summed E-state index contributed by atoms with van der Waals surface area (Å²) in [5.41, 5.74) is 6.97. The quantitative estimate of drug-likeness (QED) is 0.0723. The third kappa shape index (κ3) is 4.59. The largest absolute Gasteiger partial charge is 0.504 e. The number of hydrogen-bond acceptors (Lipinski definition) is 13. The Morgan fingerprint density at radius 2 is 2.11 bits per heavy atom. The van der Waals surface area contributed by atoms with Crippen LogP contribution in [0.5, 0.6) is 11.5 Å². The standard InChI is InChI=1S/C21H19N7O7S3/c1-35-27-13(10-6-37-20(22)23-10)16(31)26-14-17(32)28-15(19(33)34)7(4-36-18(14)28)5-38-21-24-8-2-11(29)12(30)3-9(8)25-21/h2-3,6,14,18,29-30H,4-5H2,1H3,(H2,22,23)(H,24,25)(H,26,31)(H,33,34)/t14-,18-/m1/s1. The molecule has 1 saturated heterocycles. The SMILES string of the molecule is CON=C(C(=O)N[C@@H]1C(=O)N2C(C(=O)O)=C(CSc3nc4cc(O)c(O)cc4[nH]3)CS[C@H]12)c1csc(N)n1. The molecule has 38 heavy (non-hydrogen) atoms. The number of aromatic hydroxyl groups is 2. The summed E-state index contributed by atoms with van der Waals surface area (Å²) >= 11 is 3.65. The minimum Gasteiger partial charge on any atom is -0.504 e. The molecule has 0 spiro atoms. The van der Waals surface area contributed by atoms with Gasteiger partial charge in [-0.15, -0.1) is 23.1 Å². The van der Waals surface area contributed by atoms with Crippen LogP contribution in [0.4, 0.5) is 5.13 Å². The van der Waals surface area contributed by atoms with Crippen molar-refractivity contribution in [2.24, 2.45) is 5.16 Å². The minimum atomic E-state index is -1.26. The number of thiazole rings is 1. The number of nitrogen functional groups attached to an aromatic ring is 1. The molecule has 14 nitrogen and oxygen atoms in total. The highest BCUT2D eigenvalue weighted by Crippen LogP contribution is 2.41. The molecule has 0 aliphatic carbocycles. The molecule has 17 heteroatoms. The number of carboxylic acids is 1. The Hall–Kier alpha value is -3.96. The van der Waals surface area contributed by atoms with E-state index in [4.69, 9.17) is 10.6 Å². The first-order chi connectivity index (χ1) is 18.2. The van der Waals surface area contributed by atoms with E-state index < -0.39 is 29.2 Å². The minimum absolute atomic E-state index is 0.138.